The van der Waals surface area contributed by atoms with Gasteiger partial charge in [0, 0.05) is 36.4 Å². The Hall–Kier alpha value is -2.07. The van der Waals surface area contributed by atoms with E-state index in [1.165, 1.54) is 17.7 Å². The van der Waals surface area contributed by atoms with Gasteiger partial charge in [0.15, 0.2) is 0 Å². The van der Waals surface area contributed by atoms with Gasteiger partial charge < -0.3 is 4.90 Å². The molecule has 2 aromatic carbocycles. The number of alkyl halides is 1. The van der Waals surface area contributed by atoms with E-state index in [-0.39, 0.29) is 11.6 Å². The molecular formula is C15H15ClN2O2. The van der Waals surface area contributed by atoms with E-state index >= 15 is 0 Å². The summed E-state index contributed by atoms with van der Waals surface area (Å²) < 4.78 is 0. The molecule has 0 unspecified atom stereocenters. The molecule has 0 N–H and O–H groups in total. The van der Waals surface area contributed by atoms with Crippen molar-refractivity contribution in [3.63, 3.8) is 0 Å². The number of halogens is 1. The van der Waals surface area contributed by atoms with Crippen molar-refractivity contribution in [3.8, 4) is 0 Å². The molecule has 0 aliphatic rings. The van der Waals surface area contributed by atoms with E-state index in [1.807, 2.05) is 43.1 Å². The lowest BCUT2D eigenvalue weighted by atomic mass is 10.1. The molecule has 2 aromatic rings. The summed E-state index contributed by atoms with van der Waals surface area (Å²) in [5, 5.41) is 10.8. The zero-order chi connectivity index (χ0) is 14.7. The smallest absolute Gasteiger partial charge is 0.269 e. The Balaban J connectivity index is 2.41. The quantitative estimate of drug-likeness (QED) is 0.476. The summed E-state index contributed by atoms with van der Waals surface area (Å²) >= 11 is 5.92. The van der Waals surface area contributed by atoms with E-state index in [2.05, 4.69) is 0 Å². The van der Waals surface area contributed by atoms with Crippen LogP contribution in [0.2, 0.25) is 0 Å². The van der Waals surface area contributed by atoms with Gasteiger partial charge in [0.05, 0.1) is 4.92 Å². The van der Waals surface area contributed by atoms with Crippen molar-refractivity contribution < 1.29 is 4.92 Å². The highest BCUT2D eigenvalue weighted by Crippen LogP contribution is 2.31. The number of nitrogens with zero attached hydrogens (tertiary/aromatic N) is 2. The molecule has 0 aromatic heterocycles. The first-order valence-electron chi connectivity index (χ1n) is 6.16. The number of benzene rings is 2. The van der Waals surface area contributed by atoms with E-state index in [0.717, 1.165) is 16.9 Å². The molecule has 104 valence electrons. The highest BCUT2D eigenvalue weighted by Gasteiger charge is 2.13. The van der Waals surface area contributed by atoms with Gasteiger partial charge in [-0.1, -0.05) is 17.7 Å². The predicted molar refractivity (Wildman–Crippen MR) is 81.9 cm³/mol. The standard InChI is InChI=1S/C15H15ClN2O2/c1-11-3-5-13(6-4-11)17(2)15-8-7-14(18(19)20)9-12(15)10-16/h3-9H,10H2,1-2H3. The Morgan fingerprint density at radius 1 is 1.20 bits per heavy atom. The minimum Gasteiger partial charge on any atom is -0.344 e. The monoisotopic (exact) mass is 290 g/mol. The van der Waals surface area contributed by atoms with E-state index in [0.29, 0.717) is 0 Å². The maximum Gasteiger partial charge on any atom is 0.269 e. The molecule has 2 rings (SSSR count). The first kappa shape index (κ1) is 14.3. The van der Waals surface area contributed by atoms with E-state index in [1.54, 1.807) is 6.07 Å². The molecule has 20 heavy (non-hydrogen) atoms. The van der Waals surface area contributed by atoms with Crippen molar-refractivity contribution >= 4 is 28.7 Å². The molecule has 0 bridgehead atoms. The van der Waals surface area contributed by atoms with Crippen molar-refractivity contribution in [3.05, 3.63) is 63.7 Å². The summed E-state index contributed by atoms with van der Waals surface area (Å²) in [6, 6.07) is 12.8. The van der Waals surface area contributed by atoms with Gasteiger partial charge >= 0.3 is 0 Å². The highest BCUT2D eigenvalue weighted by atomic mass is 35.5. The maximum absolute atomic E-state index is 10.8. The van der Waals surface area contributed by atoms with Crippen LogP contribution in [-0.4, -0.2) is 12.0 Å². The third-order valence-corrected chi connectivity index (χ3v) is 3.49. The molecule has 0 atom stereocenters. The van der Waals surface area contributed by atoms with Crippen LogP contribution in [0.15, 0.2) is 42.5 Å². The second-order valence-electron chi connectivity index (χ2n) is 4.60. The van der Waals surface area contributed by atoms with E-state index < -0.39 is 4.92 Å². The first-order chi connectivity index (χ1) is 9.52. The number of anilines is 2. The summed E-state index contributed by atoms with van der Waals surface area (Å²) in [6.45, 7) is 2.03. The molecule has 0 radical (unpaired) electrons. The minimum atomic E-state index is -0.411. The SMILES string of the molecule is Cc1ccc(N(C)c2ccc([N+](=O)[O-])cc2CCl)cc1. The number of hydrogen-bond donors (Lipinski definition) is 0. The molecule has 0 aliphatic heterocycles. The van der Waals surface area contributed by atoms with Gasteiger partial charge in [0.25, 0.3) is 5.69 Å². The van der Waals surface area contributed by atoms with Crippen LogP contribution in [0.25, 0.3) is 0 Å². The van der Waals surface area contributed by atoms with Crippen molar-refractivity contribution in [1.29, 1.82) is 0 Å². The van der Waals surface area contributed by atoms with Crippen LogP contribution >= 0.6 is 11.6 Å². The normalized spacial score (nSPS) is 10.3. The van der Waals surface area contributed by atoms with Gasteiger partial charge in [-0.2, -0.15) is 0 Å². The van der Waals surface area contributed by atoms with Gasteiger partial charge in [-0.25, -0.2) is 0 Å². The molecule has 0 fully saturated rings. The van der Waals surface area contributed by atoms with Crippen molar-refractivity contribution in [2.24, 2.45) is 0 Å². The number of hydrogen-bond acceptors (Lipinski definition) is 3. The third-order valence-electron chi connectivity index (χ3n) is 3.20. The van der Waals surface area contributed by atoms with Gasteiger partial charge in [-0.15, -0.1) is 11.6 Å². The van der Waals surface area contributed by atoms with E-state index in [9.17, 15) is 10.1 Å². The average Bonchev–Trinajstić information content (AvgIpc) is 2.46. The van der Waals surface area contributed by atoms with Crippen LogP contribution in [0.1, 0.15) is 11.1 Å². The van der Waals surface area contributed by atoms with Gasteiger partial charge in [-0.05, 0) is 30.7 Å². The summed E-state index contributed by atoms with van der Waals surface area (Å²) in [5.74, 6) is 0.229. The third kappa shape index (κ3) is 2.91. The lowest BCUT2D eigenvalue weighted by molar-refractivity contribution is -0.384. The topological polar surface area (TPSA) is 46.4 Å². The molecular weight excluding hydrogens is 276 g/mol. The Morgan fingerprint density at radius 2 is 1.85 bits per heavy atom. The van der Waals surface area contributed by atoms with Crippen molar-refractivity contribution in [2.45, 2.75) is 12.8 Å². The van der Waals surface area contributed by atoms with Gasteiger partial charge in [0.2, 0.25) is 0 Å². The molecule has 0 saturated heterocycles. The number of non-ortho nitro benzene ring substituents is 1. The lowest BCUT2D eigenvalue weighted by Gasteiger charge is -2.22. The summed E-state index contributed by atoms with van der Waals surface area (Å²) in [7, 11) is 1.92. The summed E-state index contributed by atoms with van der Waals surface area (Å²) in [4.78, 5) is 12.4. The fraction of sp³-hybridized carbons (Fsp3) is 0.200. The second kappa shape index (κ2) is 5.92. The maximum atomic E-state index is 10.8. The lowest BCUT2D eigenvalue weighted by Crippen LogP contribution is -2.11. The molecule has 0 heterocycles. The molecule has 0 saturated carbocycles. The number of nitro groups is 1. The fourth-order valence-corrected chi connectivity index (χ4v) is 2.24. The minimum absolute atomic E-state index is 0.0571. The largest absolute Gasteiger partial charge is 0.344 e. The van der Waals surface area contributed by atoms with Gasteiger partial charge in [-0.3, -0.25) is 10.1 Å². The molecule has 0 aliphatic carbocycles. The first-order valence-corrected chi connectivity index (χ1v) is 6.70. The highest BCUT2D eigenvalue weighted by molar-refractivity contribution is 6.17. The molecule has 4 nitrogen and oxygen atoms in total. The van der Waals surface area contributed by atoms with Crippen LogP contribution in [0.4, 0.5) is 17.1 Å². The van der Waals surface area contributed by atoms with Crippen LogP contribution in [0.3, 0.4) is 0 Å². The number of rotatable bonds is 4. The summed E-state index contributed by atoms with van der Waals surface area (Å²) in [5.41, 5.74) is 3.86. The zero-order valence-corrected chi connectivity index (χ0v) is 12.1. The van der Waals surface area contributed by atoms with Crippen molar-refractivity contribution in [1.82, 2.24) is 0 Å². The van der Waals surface area contributed by atoms with Crippen LogP contribution < -0.4 is 4.90 Å². The Kier molecular flexibility index (Phi) is 4.25. The van der Waals surface area contributed by atoms with Crippen LogP contribution in [0, 0.1) is 17.0 Å². The fourth-order valence-electron chi connectivity index (χ4n) is 2.03. The van der Waals surface area contributed by atoms with E-state index in [4.69, 9.17) is 11.6 Å². The Labute approximate surface area is 122 Å². The van der Waals surface area contributed by atoms with Gasteiger partial charge in [0.1, 0.15) is 0 Å². The van der Waals surface area contributed by atoms with Crippen LogP contribution in [-0.2, 0) is 5.88 Å². The van der Waals surface area contributed by atoms with Crippen molar-refractivity contribution in [2.75, 3.05) is 11.9 Å². The second-order valence-corrected chi connectivity index (χ2v) is 4.87. The predicted octanol–water partition coefficient (Wildman–Crippen LogP) is 4.41. The number of aryl methyl sites for hydroxylation is 1. The number of nitro benzene ring substituents is 1. The molecule has 0 amide bonds. The Bertz CT molecular complexity index is 626. The molecule has 5 heteroatoms. The average molecular weight is 291 g/mol. The Morgan fingerprint density at radius 3 is 2.40 bits per heavy atom. The zero-order valence-electron chi connectivity index (χ0n) is 11.3. The van der Waals surface area contributed by atoms with Crippen LogP contribution in [0.5, 0.6) is 0 Å². The summed E-state index contributed by atoms with van der Waals surface area (Å²) in [6.07, 6.45) is 0. The molecule has 0 spiro atoms.